The molecule has 0 radical (unpaired) electrons. The van der Waals surface area contributed by atoms with Gasteiger partial charge in [-0.2, -0.15) is 0 Å². The topological polar surface area (TPSA) is 29.0 Å². The van der Waals surface area contributed by atoms with E-state index >= 15 is 0 Å². The minimum absolute atomic E-state index is 0.713. The Hall–Kier alpha value is -1.22. The van der Waals surface area contributed by atoms with Gasteiger partial charge in [0.15, 0.2) is 0 Å². The number of aromatic nitrogens is 2. The molecule has 3 nitrogen and oxygen atoms in total. The summed E-state index contributed by atoms with van der Waals surface area (Å²) in [6, 6.07) is 0. The van der Waals surface area contributed by atoms with Crippen LogP contribution in [0.2, 0.25) is 0 Å². The largest absolute Gasteiger partial charge is 0.305 e. The van der Waals surface area contributed by atoms with E-state index < -0.39 is 0 Å². The molecule has 1 aliphatic heterocycles. The Morgan fingerprint density at radius 2 is 2.08 bits per heavy atom. The number of nitrogens with zero attached hydrogens (tertiary/aromatic N) is 3. The van der Waals surface area contributed by atoms with Crippen molar-refractivity contribution in [3.05, 3.63) is 30.4 Å². The Bertz CT molecular complexity index is 288. The lowest BCUT2D eigenvalue weighted by molar-refractivity contribution is 0.170. The van der Waals surface area contributed by atoms with Gasteiger partial charge in [-0.1, -0.05) is 12.2 Å². The van der Waals surface area contributed by atoms with Crippen molar-refractivity contribution in [2.24, 2.45) is 5.92 Å². The van der Waals surface area contributed by atoms with Crippen LogP contribution in [0.3, 0.4) is 0 Å². The number of hydrogen-bond acceptors (Lipinski definition) is 3. The Kier molecular flexibility index (Phi) is 2.36. The van der Waals surface area contributed by atoms with Gasteiger partial charge in [-0.25, -0.2) is 9.97 Å². The maximum absolute atomic E-state index is 3.95. The van der Waals surface area contributed by atoms with Crippen LogP contribution in [-0.2, 0) is 0 Å². The first-order chi connectivity index (χ1) is 6.34. The molecular formula is C10H13N3. The normalized spacial score (nSPS) is 19.2. The van der Waals surface area contributed by atoms with Crippen molar-refractivity contribution in [2.45, 2.75) is 0 Å². The molecule has 0 bridgehead atoms. The second-order valence-corrected chi connectivity index (χ2v) is 3.51. The fraction of sp³-hybridized carbons (Fsp3) is 0.400. The summed E-state index contributed by atoms with van der Waals surface area (Å²) < 4.78 is 0. The fourth-order valence-electron chi connectivity index (χ4n) is 1.51. The zero-order valence-corrected chi connectivity index (χ0v) is 7.72. The van der Waals surface area contributed by atoms with Crippen LogP contribution in [0, 0.1) is 5.92 Å². The van der Waals surface area contributed by atoms with E-state index in [0.29, 0.717) is 5.92 Å². The van der Waals surface area contributed by atoms with Crippen LogP contribution in [0.15, 0.2) is 24.8 Å². The van der Waals surface area contributed by atoms with Crippen LogP contribution in [0.4, 0.5) is 0 Å². The molecule has 0 aromatic carbocycles. The van der Waals surface area contributed by atoms with Crippen molar-refractivity contribution in [2.75, 3.05) is 20.1 Å². The second-order valence-electron chi connectivity index (χ2n) is 3.51. The smallest absolute Gasteiger partial charge is 0.115 e. The molecule has 0 atom stereocenters. The molecule has 0 unspecified atom stereocenters. The summed E-state index contributed by atoms with van der Waals surface area (Å²) in [5.74, 6) is 0.713. The monoisotopic (exact) mass is 175 g/mol. The molecule has 2 rings (SSSR count). The van der Waals surface area contributed by atoms with Crippen LogP contribution < -0.4 is 0 Å². The van der Waals surface area contributed by atoms with E-state index in [2.05, 4.69) is 34.1 Å². The molecule has 2 heterocycles. The summed E-state index contributed by atoms with van der Waals surface area (Å²) in [6.45, 7) is 2.34. The molecule has 1 aromatic heterocycles. The molecule has 1 aliphatic rings. The van der Waals surface area contributed by atoms with Gasteiger partial charge in [0.2, 0.25) is 0 Å². The lowest BCUT2D eigenvalue weighted by Gasteiger charge is -2.34. The zero-order chi connectivity index (χ0) is 9.10. The van der Waals surface area contributed by atoms with Gasteiger partial charge in [-0.3, -0.25) is 0 Å². The highest BCUT2D eigenvalue weighted by Crippen LogP contribution is 2.15. The summed E-state index contributed by atoms with van der Waals surface area (Å²) >= 11 is 0. The van der Waals surface area contributed by atoms with E-state index in [1.165, 1.54) is 13.1 Å². The molecule has 1 fully saturated rings. The lowest BCUT2D eigenvalue weighted by atomic mass is 10.0. The predicted molar refractivity (Wildman–Crippen MR) is 52.1 cm³/mol. The van der Waals surface area contributed by atoms with Gasteiger partial charge in [-0.15, -0.1) is 0 Å². The Balaban J connectivity index is 1.91. The fourth-order valence-corrected chi connectivity index (χ4v) is 1.51. The highest BCUT2D eigenvalue weighted by molar-refractivity contribution is 5.46. The van der Waals surface area contributed by atoms with Crippen molar-refractivity contribution < 1.29 is 0 Å². The standard InChI is InChI=1S/C10H13N3/c1-13-6-10(7-13)3-2-9-4-11-8-12-5-9/h2-5,8,10H,6-7H2,1H3. The van der Waals surface area contributed by atoms with E-state index in [1.807, 2.05) is 12.4 Å². The summed E-state index contributed by atoms with van der Waals surface area (Å²) in [5.41, 5.74) is 1.08. The van der Waals surface area contributed by atoms with E-state index in [-0.39, 0.29) is 0 Å². The van der Waals surface area contributed by atoms with Crippen molar-refractivity contribution in [3.8, 4) is 0 Å². The number of hydrogen-bond donors (Lipinski definition) is 0. The molecule has 3 heteroatoms. The van der Waals surface area contributed by atoms with Gasteiger partial charge in [0.1, 0.15) is 6.33 Å². The van der Waals surface area contributed by atoms with E-state index in [1.54, 1.807) is 6.33 Å². The summed E-state index contributed by atoms with van der Waals surface area (Å²) in [5, 5.41) is 0. The van der Waals surface area contributed by atoms with E-state index in [0.717, 1.165) is 5.56 Å². The molecule has 0 saturated carbocycles. The SMILES string of the molecule is CN1CC(C=Cc2cncnc2)C1. The van der Waals surface area contributed by atoms with Crippen molar-refractivity contribution in [1.29, 1.82) is 0 Å². The molecular weight excluding hydrogens is 162 g/mol. The van der Waals surface area contributed by atoms with Crippen LogP contribution in [0.5, 0.6) is 0 Å². The van der Waals surface area contributed by atoms with E-state index in [9.17, 15) is 0 Å². The first kappa shape index (κ1) is 8.38. The third-order valence-corrected chi connectivity index (χ3v) is 2.23. The number of rotatable bonds is 2. The molecule has 0 amide bonds. The van der Waals surface area contributed by atoms with Gasteiger partial charge in [-0.05, 0) is 7.05 Å². The molecule has 1 saturated heterocycles. The van der Waals surface area contributed by atoms with Crippen LogP contribution in [0.25, 0.3) is 6.08 Å². The molecule has 1 aromatic rings. The first-order valence-corrected chi connectivity index (χ1v) is 4.46. The molecule has 0 spiro atoms. The van der Waals surface area contributed by atoms with Crippen LogP contribution in [0.1, 0.15) is 5.56 Å². The van der Waals surface area contributed by atoms with Crippen LogP contribution in [-0.4, -0.2) is 35.0 Å². The minimum atomic E-state index is 0.713. The average Bonchev–Trinajstić information content (AvgIpc) is 2.12. The maximum Gasteiger partial charge on any atom is 0.115 e. The van der Waals surface area contributed by atoms with Gasteiger partial charge in [0.25, 0.3) is 0 Å². The van der Waals surface area contributed by atoms with Gasteiger partial charge >= 0.3 is 0 Å². The summed E-state index contributed by atoms with van der Waals surface area (Å²) in [4.78, 5) is 10.2. The highest BCUT2D eigenvalue weighted by atomic mass is 15.2. The predicted octanol–water partition coefficient (Wildman–Crippen LogP) is 1.05. The average molecular weight is 175 g/mol. The Morgan fingerprint density at radius 3 is 2.69 bits per heavy atom. The lowest BCUT2D eigenvalue weighted by Crippen LogP contribution is -2.42. The highest BCUT2D eigenvalue weighted by Gasteiger charge is 2.19. The Morgan fingerprint density at radius 1 is 1.38 bits per heavy atom. The summed E-state index contributed by atoms with van der Waals surface area (Å²) in [7, 11) is 2.13. The van der Waals surface area contributed by atoms with Gasteiger partial charge in [0, 0.05) is 37.0 Å². The quantitative estimate of drug-likeness (QED) is 0.672. The molecule has 0 aliphatic carbocycles. The van der Waals surface area contributed by atoms with Crippen molar-refractivity contribution in [1.82, 2.24) is 14.9 Å². The third-order valence-electron chi connectivity index (χ3n) is 2.23. The second kappa shape index (κ2) is 3.66. The number of likely N-dealkylation sites (tertiary alicyclic amines) is 1. The maximum atomic E-state index is 3.95. The first-order valence-electron chi connectivity index (χ1n) is 4.46. The van der Waals surface area contributed by atoms with Crippen molar-refractivity contribution in [3.63, 3.8) is 0 Å². The third kappa shape index (κ3) is 2.12. The minimum Gasteiger partial charge on any atom is -0.305 e. The van der Waals surface area contributed by atoms with Crippen molar-refractivity contribution >= 4 is 6.08 Å². The van der Waals surface area contributed by atoms with E-state index in [4.69, 9.17) is 0 Å². The van der Waals surface area contributed by atoms with Crippen LogP contribution >= 0.6 is 0 Å². The Labute approximate surface area is 78.1 Å². The molecule has 13 heavy (non-hydrogen) atoms. The zero-order valence-electron chi connectivity index (χ0n) is 7.72. The molecule has 0 N–H and O–H groups in total. The summed E-state index contributed by atoms with van der Waals surface area (Å²) in [6.07, 6.45) is 9.53. The molecule has 68 valence electrons. The van der Waals surface area contributed by atoms with Gasteiger partial charge < -0.3 is 4.90 Å². The van der Waals surface area contributed by atoms with Gasteiger partial charge in [0.05, 0.1) is 0 Å².